The van der Waals surface area contributed by atoms with Gasteiger partial charge in [0.25, 0.3) is 0 Å². The number of halogens is 1. The van der Waals surface area contributed by atoms with Gasteiger partial charge in [0.05, 0.1) is 0 Å². The molecule has 3 nitrogen and oxygen atoms in total. The number of amides is 1. The summed E-state index contributed by atoms with van der Waals surface area (Å²) < 4.78 is 12.8. The Labute approximate surface area is 131 Å². The third kappa shape index (κ3) is 3.38. The highest BCUT2D eigenvalue weighted by Gasteiger charge is 2.43. The monoisotopic (exact) mass is 302 g/mol. The van der Waals surface area contributed by atoms with Crippen molar-refractivity contribution < 1.29 is 9.18 Å². The molecule has 2 aliphatic heterocycles. The number of piperidine rings is 1. The molecule has 1 spiro atoms. The van der Waals surface area contributed by atoms with Crippen molar-refractivity contribution >= 4 is 12.0 Å². The summed E-state index contributed by atoms with van der Waals surface area (Å²) in [6.45, 7) is 3.94. The van der Waals surface area contributed by atoms with Gasteiger partial charge in [0.2, 0.25) is 5.91 Å². The van der Waals surface area contributed by atoms with Crippen LogP contribution in [0, 0.1) is 11.2 Å². The van der Waals surface area contributed by atoms with Gasteiger partial charge >= 0.3 is 0 Å². The highest BCUT2D eigenvalue weighted by Crippen LogP contribution is 2.40. The van der Waals surface area contributed by atoms with E-state index in [0.717, 1.165) is 51.0 Å². The Morgan fingerprint density at radius 1 is 1.23 bits per heavy atom. The Balaban J connectivity index is 1.48. The fraction of sp³-hybridized carbons (Fsp3) is 0.500. The van der Waals surface area contributed by atoms with E-state index in [9.17, 15) is 9.18 Å². The highest BCUT2D eigenvalue weighted by molar-refractivity contribution is 5.79. The SMILES string of the molecule is CN1CC2(CCN(CC=Cc3ccc(F)cc3)CC2)CC1=O. The Morgan fingerprint density at radius 2 is 1.91 bits per heavy atom. The van der Waals surface area contributed by atoms with Crippen LogP contribution in [0.4, 0.5) is 4.39 Å². The smallest absolute Gasteiger partial charge is 0.222 e. The minimum absolute atomic E-state index is 0.199. The first-order valence-corrected chi connectivity index (χ1v) is 7.95. The van der Waals surface area contributed by atoms with E-state index in [4.69, 9.17) is 0 Å². The van der Waals surface area contributed by atoms with Crippen LogP contribution < -0.4 is 0 Å². The van der Waals surface area contributed by atoms with Crippen LogP contribution in [0.5, 0.6) is 0 Å². The number of nitrogens with zero attached hydrogens (tertiary/aromatic N) is 2. The molecule has 0 unspecified atom stereocenters. The largest absolute Gasteiger partial charge is 0.345 e. The van der Waals surface area contributed by atoms with Crippen LogP contribution in [0.2, 0.25) is 0 Å². The van der Waals surface area contributed by atoms with Crippen molar-refractivity contribution in [3.8, 4) is 0 Å². The second-order valence-electron chi connectivity index (χ2n) is 6.68. The van der Waals surface area contributed by atoms with Crippen molar-refractivity contribution in [2.45, 2.75) is 19.3 Å². The van der Waals surface area contributed by atoms with Crippen molar-refractivity contribution in [2.75, 3.05) is 33.2 Å². The maximum atomic E-state index is 12.8. The maximum absolute atomic E-state index is 12.8. The molecule has 2 heterocycles. The number of likely N-dealkylation sites (tertiary alicyclic amines) is 2. The summed E-state index contributed by atoms with van der Waals surface area (Å²) in [5, 5.41) is 0. The molecule has 2 aliphatic rings. The van der Waals surface area contributed by atoms with Crippen LogP contribution in [0.1, 0.15) is 24.8 Å². The average molecular weight is 302 g/mol. The Kier molecular flexibility index (Phi) is 4.30. The second-order valence-corrected chi connectivity index (χ2v) is 6.68. The van der Waals surface area contributed by atoms with Gasteiger partial charge in [-0.1, -0.05) is 24.3 Å². The predicted octanol–water partition coefficient (Wildman–Crippen LogP) is 2.78. The van der Waals surface area contributed by atoms with E-state index < -0.39 is 0 Å². The Bertz CT molecular complexity index is 559. The number of carbonyl (C=O) groups excluding carboxylic acids is 1. The summed E-state index contributed by atoms with van der Waals surface area (Å²) in [7, 11) is 1.91. The molecule has 118 valence electrons. The standard InChI is InChI=1S/C18H23FN2O/c1-20-14-18(13-17(20)22)8-11-21(12-9-18)10-2-3-15-4-6-16(19)7-5-15/h2-7H,8-14H2,1H3. The molecule has 0 aliphatic carbocycles. The van der Waals surface area contributed by atoms with E-state index in [2.05, 4.69) is 11.0 Å². The van der Waals surface area contributed by atoms with Gasteiger partial charge in [-0.3, -0.25) is 9.69 Å². The lowest BCUT2D eigenvalue weighted by Gasteiger charge is -2.38. The molecule has 2 saturated heterocycles. The summed E-state index contributed by atoms with van der Waals surface area (Å²) in [5.41, 5.74) is 1.25. The first-order chi connectivity index (χ1) is 10.6. The van der Waals surface area contributed by atoms with Gasteiger partial charge in [-0.15, -0.1) is 0 Å². The molecule has 0 bridgehead atoms. The van der Waals surface area contributed by atoms with E-state index in [1.54, 1.807) is 12.1 Å². The lowest BCUT2D eigenvalue weighted by atomic mass is 9.77. The van der Waals surface area contributed by atoms with Crippen molar-refractivity contribution in [1.82, 2.24) is 9.80 Å². The fourth-order valence-corrected chi connectivity index (χ4v) is 3.56. The number of rotatable bonds is 3. The Morgan fingerprint density at radius 3 is 2.50 bits per heavy atom. The summed E-state index contributed by atoms with van der Waals surface area (Å²) >= 11 is 0. The first kappa shape index (κ1) is 15.2. The summed E-state index contributed by atoms with van der Waals surface area (Å²) in [6, 6.07) is 6.55. The fourth-order valence-electron chi connectivity index (χ4n) is 3.56. The van der Waals surface area contributed by atoms with Crippen molar-refractivity contribution in [1.29, 1.82) is 0 Å². The van der Waals surface area contributed by atoms with Crippen LogP contribution in [-0.2, 0) is 4.79 Å². The minimum atomic E-state index is -0.199. The second kappa shape index (κ2) is 6.21. The normalized spacial score (nSPS) is 22.1. The third-order valence-electron chi connectivity index (χ3n) is 4.99. The molecule has 0 saturated carbocycles. The molecule has 1 aromatic rings. The number of hydrogen-bond donors (Lipinski definition) is 0. The van der Waals surface area contributed by atoms with Gasteiger partial charge < -0.3 is 4.90 Å². The molecule has 2 fully saturated rings. The van der Waals surface area contributed by atoms with Gasteiger partial charge in [0, 0.05) is 26.6 Å². The molecule has 4 heteroatoms. The molecule has 0 radical (unpaired) electrons. The predicted molar refractivity (Wildman–Crippen MR) is 85.8 cm³/mol. The Hall–Kier alpha value is -1.68. The first-order valence-electron chi connectivity index (χ1n) is 7.95. The number of carbonyl (C=O) groups is 1. The molecule has 1 amide bonds. The van der Waals surface area contributed by atoms with Gasteiger partial charge in [-0.2, -0.15) is 0 Å². The molecule has 0 aromatic heterocycles. The van der Waals surface area contributed by atoms with Crippen molar-refractivity contribution in [3.05, 3.63) is 41.7 Å². The summed E-state index contributed by atoms with van der Waals surface area (Å²) in [4.78, 5) is 16.1. The third-order valence-corrected chi connectivity index (χ3v) is 4.99. The van der Waals surface area contributed by atoms with E-state index >= 15 is 0 Å². The zero-order valence-corrected chi connectivity index (χ0v) is 13.1. The summed E-state index contributed by atoms with van der Waals surface area (Å²) in [5.74, 6) is 0.0965. The van der Waals surface area contributed by atoms with Crippen LogP contribution in [0.3, 0.4) is 0 Å². The van der Waals surface area contributed by atoms with Gasteiger partial charge in [0.1, 0.15) is 5.82 Å². The van der Waals surface area contributed by atoms with E-state index in [1.807, 2.05) is 18.0 Å². The van der Waals surface area contributed by atoms with Crippen LogP contribution in [0.25, 0.3) is 6.08 Å². The van der Waals surface area contributed by atoms with Crippen LogP contribution >= 0.6 is 0 Å². The van der Waals surface area contributed by atoms with E-state index in [0.29, 0.717) is 5.91 Å². The van der Waals surface area contributed by atoms with Crippen LogP contribution in [0.15, 0.2) is 30.3 Å². The highest BCUT2D eigenvalue weighted by atomic mass is 19.1. The molecular weight excluding hydrogens is 279 g/mol. The minimum Gasteiger partial charge on any atom is -0.345 e. The molecular formula is C18H23FN2O. The maximum Gasteiger partial charge on any atom is 0.222 e. The molecule has 3 rings (SSSR count). The van der Waals surface area contributed by atoms with E-state index in [1.165, 1.54) is 12.1 Å². The quantitative estimate of drug-likeness (QED) is 0.857. The average Bonchev–Trinajstić information content (AvgIpc) is 2.78. The van der Waals surface area contributed by atoms with Gasteiger partial charge in [-0.05, 0) is 49.0 Å². The van der Waals surface area contributed by atoms with Gasteiger partial charge in [0.15, 0.2) is 0 Å². The molecule has 22 heavy (non-hydrogen) atoms. The van der Waals surface area contributed by atoms with Crippen LogP contribution in [-0.4, -0.2) is 48.9 Å². The zero-order valence-electron chi connectivity index (χ0n) is 13.1. The molecule has 0 N–H and O–H groups in total. The van der Waals surface area contributed by atoms with Gasteiger partial charge in [-0.25, -0.2) is 4.39 Å². The van der Waals surface area contributed by atoms with E-state index in [-0.39, 0.29) is 11.2 Å². The molecule has 0 atom stereocenters. The zero-order chi connectivity index (χ0) is 15.6. The van der Waals surface area contributed by atoms with Crippen molar-refractivity contribution in [2.24, 2.45) is 5.41 Å². The topological polar surface area (TPSA) is 23.6 Å². The lowest BCUT2D eigenvalue weighted by molar-refractivity contribution is -0.126. The van der Waals surface area contributed by atoms with Crippen molar-refractivity contribution in [3.63, 3.8) is 0 Å². The lowest BCUT2D eigenvalue weighted by Crippen LogP contribution is -2.41. The summed E-state index contributed by atoms with van der Waals surface area (Å²) in [6.07, 6.45) is 7.11. The number of hydrogen-bond acceptors (Lipinski definition) is 2. The number of benzene rings is 1. The molecule has 1 aromatic carbocycles.